The van der Waals surface area contributed by atoms with Gasteiger partial charge in [-0.15, -0.1) is 0 Å². The van der Waals surface area contributed by atoms with Gasteiger partial charge in [0.15, 0.2) is 0 Å². The summed E-state index contributed by atoms with van der Waals surface area (Å²) < 4.78 is 9.99. The van der Waals surface area contributed by atoms with E-state index in [1.807, 2.05) is 5.43 Å². The van der Waals surface area contributed by atoms with Crippen LogP contribution >= 0.6 is 11.6 Å². The molecule has 0 aliphatic heterocycles. The SMILES string of the molecule is COc1cc(OC)c(C(=O)NN)cc1Cl. The summed E-state index contributed by atoms with van der Waals surface area (Å²) in [5.41, 5.74) is 2.26. The third kappa shape index (κ3) is 2.31. The number of nitrogens with one attached hydrogen (secondary N) is 1. The molecule has 1 amide bonds. The number of rotatable bonds is 3. The van der Waals surface area contributed by atoms with Gasteiger partial charge in [0.25, 0.3) is 5.91 Å². The lowest BCUT2D eigenvalue weighted by molar-refractivity contribution is 0.0950. The average Bonchev–Trinajstić information content (AvgIpc) is 2.27. The van der Waals surface area contributed by atoms with E-state index in [2.05, 4.69) is 0 Å². The zero-order valence-electron chi connectivity index (χ0n) is 8.33. The molecule has 0 spiro atoms. The van der Waals surface area contributed by atoms with Crippen LogP contribution < -0.4 is 20.7 Å². The lowest BCUT2D eigenvalue weighted by Gasteiger charge is -2.10. The molecule has 6 heteroatoms. The average molecular weight is 231 g/mol. The van der Waals surface area contributed by atoms with Crippen molar-refractivity contribution < 1.29 is 14.3 Å². The predicted molar refractivity (Wildman–Crippen MR) is 56.2 cm³/mol. The molecule has 3 N–H and O–H groups in total. The third-order valence-corrected chi connectivity index (χ3v) is 2.15. The monoisotopic (exact) mass is 230 g/mol. The lowest BCUT2D eigenvalue weighted by atomic mass is 10.2. The smallest absolute Gasteiger partial charge is 0.268 e. The van der Waals surface area contributed by atoms with Gasteiger partial charge in [-0.2, -0.15) is 0 Å². The summed E-state index contributed by atoms with van der Waals surface area (Å²) in [4.78, 5) is 11.3. The van der Waals surface area contributed by atoms with Crippen LogP contribution in [0.3, 0.4) is 0 Å². The van der Waals surface area contributed by atoms with Crippen LogP contribution in [-0.4, -0.2) is 20.1 Å². The molecule has 0 aliphatic carbocycles. The molecule has 0 radical (unpaired) electrons. The fourth-order valence-electron chi connectivity index (χ4n) is 1.12. The normalized spacial score (nSPS) is 9.60. The first-order chi connectivity index (χ1) is 7.13. The summed E-state index contributed by atoms with van der Waals surface area (Å²) in [6.07, 6.45) is 0. The first-order valence-electron chi connectivity index (χ1n) is 4.06. The number of carbonyl (C=O) groups excluding carboxylic acids is 1. The number of amides is 1. The van der Waals surface area contributed by atoms with Crippen molar-refractivity contribution in [3.63, 3.8) is 0 Å². The number of halogens is 1. The third-order valence-electron chi connectivity index (χ3n) is 1.85. The number of ether oxygens (including phenoxy) is 2. The minimum absolute atomic E-state index is 0.255. The van der Waals surface area contributed by atoms with E-state index in [-0.39, 0.29) is 5.56 Å². The molecule has 0 unspecified atom stereocenters. The maximum Gasteiger partial charge on any atom is 0.268 e. The van der Waals surface area contributed by atoms with E-state index < -0.39 is 5.91 Å². The number of nitrogens with two attached hydrogens (primary N) is 1. The van der Waals surface area contributed by atoms with Gasteiger partial charge in [0.1, 0.15) is 11.5 Å². The lowest BCUT2D eigenvalue weighted by Crippen LogP contribution is -2.30. The van der Waals surface area contributed by atoms with Crippen molar-refractivity contribution >= 4 is 17.5 Å². The van der Waals surface area contributed by atoms with Gasteiger partial charge < -0.3 is 9.47 Å². The molecule has 1 aromatic carbocycles. The molecule has 5 nitrogen and oxygen atoms in total. The second-order valence-electron chi connectivity index (χ2n) is 2.66. The van der Waals surface area contributed by atoms with Gasteiger partial charge in [-0.1, -0.05) is 11.6 Å². The molecule has 0 aliphatic rings. The summed E-state index contributed by atoms with van der Waals surface area (Å²) in [7, 11) is 2.92. The molecular formula is C9H11ClN2O3. The van der Waals surface area contributed by atoms with E-state index in [4.69, 9.17) is 26.9 Å². The highest BCUT2D eigenvalue weighted by Crippen LogP contribution is 2.32. The Bertz CT molecular complexity index is 382. The quantitative estimate of drug-likeness (QED) is 0.461. The zero-order valence-corrected chi connectivity index (χ0v) is 9.09. The maximum absolute atomic E-state index is 11.3. The fraction of sp³-hybridized carbons (Fsp3) is 0.222. The molecule has 0 heterocycles. The number of benzene rings is 1. The van der Waals surface area contributed by atoms with Crippen molar-refractivity contribution in [2.75, 3.05) is 14.2 Å². The van der Waals surface area contributed by atoms with Crippen molar-refractivity contribution in [2.45, 2.75) is 0 Å². The standard InChI is InChI=1S/C9H11ClN2O3/c1-14-7-4-8(15-2)6(10)3-5(7)9(13)12-11/h3-4H,11H2,1-2H3,(H,12,13). The molecule has 0 atom stereocenters. The van der Waals surface area contributed by atoms with E-state index >= 15 is 0 Å². The van der Waals surface area contributed by atoms with Crippen molar-refractivity contribution in [1.82, 2.24) is 5.43 Å². The van der Waals surface area contributed by atoms with E-state index in [1.165, 1.54) is 26.4 Å². The number of carbonyl (C=O) groups is 1. The summed E-state index contributed by atoms with van der Waals surface area (Å²) in [6.45, 7) is 0. The Hall–Kier alpha value is -1.46. The summed E-state index contributed by atoms with van der Waals surface area (Å²) in [5.74, 6) is 5.32. The van der Waals surface area contributed by atoms with Gasteiger partial charge in [-0.3, -0.25) is 10.2 Å². The molecule has 1 aromatic rings. The molecule has 82 valence electrons. The topological polar surface area (TPSA) is 73.6 Å². The molecule has 1 rings (SSSR count). The van der Waals surface area contributed by atoms with Crippen molar-refractivity contribution in [3.8, 4) is 11.5 Å². The Labute approximate surface area is 92.1 Å². The number of methoxy groups -OCH3 is 2. The molecule has 15 heavy (non-hydrogen) atoms. The van der Waals surface area contributed by atoms with Crippen LogP contribution in [0.15, 0.2) is 12.1 Å². The Kier molecular flexibility index (Phi) is 3.76. The molecule has 0 fully saturated rings. The largest absolute Gasteiger partial charge is 0.496 e. The summed E-state index contributed by atoms with van der Waals surface area (Å²) >= 11 is 5.86. The molecular weight excluding hydrogens is 220 g/mol. The van der Waals surface area contributed by atoms with Crippen LogP contribution in [0, 0.1) is 0 Å². The van der Waals surface area contributed by atoms with E-state index in [0.717, 1.165) is 0 Å². The first-order valence-corrected chi connectivity index (χ1v) is 4.44. The van der Waals surface area contributed by atoms with E-state index in [1.54, 1.807) is 0 Å². The molecule has 0 saturated heterocycles. The van der Waals surface area contributed by atoms with Crippen molar-refractivity contribution in [3.05, 3.63) is 22.7 Å². The van der Waals surface area contributed by atoms with Gasteiger partial charge >= 0.3 is 0 Å². The maximum atomic E-state index is 11.3. The van der Waals surface area contributed by atoms with Gasteiger partial charge in [-0.25, -0.2) is 5.84 Å². The van der Waals surface area contributed by atoms with Crippen LogP contribution in [0.2, 0.25) is 5.02 Å². The van der Waals surface area contributed by atoms with Crippen molar-refractivity contribution in [2.24, 2.45) is 5.84 Å². The first kappa shape index (κ1) is 11.6. The van der Waals surface area contributed by atoms with Crippen LogP contribution in [0.25, 0.3) is 0 Å². The number of hydrogen-bond donors (Lipinski definition) is 2. The summed E-state index contributed by atoms with van der Waals surface area (Å²) in [5, 5.41) is 0.317. The highest BCUT2D eigenvalue weighted by Gasteiger charge is 2.15. The van der Waals surface area contributed by atoms with Crippen LogP contribution in [0.1, 0.15) is 10.4 Å². The van der Waals surface area contributed by atoms with Gasteiger partial charge in [0.05, 0.1) is 24.8 Å². The Balaban J connectivity index is 3.27. The highest BCUT2D eigenvalue weighted by molar-refractivity contribution is 6.32. The van der Waals surface area contributed by atoms with Gasteiger partial charge in [-0.05, 0) is 6.07 Å². The second-order valence-corrected chi connectivity index (χ2v) is 3.07. The highest BCUT2D eigenvalue weighted by atomic mass is 35.5. The minimum Gasteiger partial charge on any atom is -0.496 e. The minimum atomic E-state index is -0.476. The van der Waals surface area contributed by atoms with Gasteiger partial charge in [0, 0.05) is 6.07 Å². The molecule has 0 bridgehead atoms. The van der Waals surface area contributed by atoms with Gasteiger partial charge in [0.2, 0.25) is 0 Å². The van der Waals surface area contributed by atoms with Crippen LogP contribution in [-0.2, 0) is 0 Å². The van der Waals surface area contributed by atoms with Crippen LogP contribution in [0.5, 0.6) is 11.5 Å². The predicted octanol–water partition coefficient (Wildman–Crippen LogP) is 0.961. The van der Waals surface area contributed by atoms with Crippen LogP contribution in [0.4, 0.5) is 0 Å². The number of hydrazine groups is 1. The second kappa shape index (κ2) is 4.86. The Morgan fingerprint density at radius 2 is 1.93 bits per heavy atom. The Morgan fingerprint density at radius 1 is 1.33 bits per heavy atom. The van der Waals surface area contributed by atoms with E-state index in [0.29, 0.717) is 16.5 Å². The number of hydrogen-bond acceptors (Lipinski definition) is 4. The fourth-order valence-corrected chi connectivity index (χ4v) is 1.36. The molecule has 0 aromatic heterocycles. The van der Waals surface area contributed by atoms with E-state index in [9.17, 15) is 4.79 Å². The molecule has 0 saturated carbocycles. The zero-order chi connectivity index (χ0) is 11.4. The summed E-state index contributed by atoms with van der Waals surface area (Å²) in [6, 6.07) is 2.95. The van der Waals surface area contributed by atoms with Crippen molar-refractivity contribution in [1.29, 1.82) is 0 Å². The number of nitrogen functional groups attached to an aromatic ring is 1. The Morgan fingerprint density at radius 3 is 2.40 bits per heavy atom.